The molecule has 5 heterocycles. The van der Waals surface area contributed by atoms with Gasteiger partial charge in [0.05, 0.1) is 16.3 Å². The van der Waals surface area contributed by atoms with E-state index < -0.39 is 46.1 Å². The number of carboxylic acid groups (broad SMARTS) is 2. The van der Waals surface area contributed by atoms with Crippen molar-refractivity contribution in [2.24, 2.45) is 0 Å². The van der Waals surface area contributed by atoms with E-state index in [2.05, 4.69) is 16.0 Å². The van der Waals surface area contributed by atoms with Gasteiger partial charge in [-0.2, -0.15) is 4.31 Å². The molecule has 70 heavy (non-hydrogen) atoms. The average molecular weight is 1010 g/mol. The summed E-state index contributed by atoms with van der Waals surface area (Å²) in [6.45, 7) is 4.27. The van der Waals surface area contributed by atoms with E-state index in [1.807, 2.05) is 50.2 Å². The van der Waals surface area contributed by atoms with Gasteiger partial charge in [-0.15, -0.1) is 11.3 Å². The van der Waals surface area contributed by atoms with E-state index in [1.54, 1.807) is 51.7 Å². The maximum Gasteiger partial charge on any atom is 0.349 e. The molecular formula is C50H51ClN6O11S2. The van der Waals surface area contributed by atoms with Gasteiger partial charge in [0.25, 0.3) is 5.91 Å². The molecule has 1 aromatic heterocycles. The van der Waals surface area contributed by atoms with Crippen molar-refractivity contribution >= 4 is 96.5 Å². The Morgan fingerprint density at radius 2 is 1.69 bits per heavy atom. The highest BCUT2D eigenvalue weighted by atomic mass is 35.5. The predicted octanol–water partition coefficient (Wildman–Crippen LogP) is 8.14. The Hall–Kier alpha value is -6.54. The summed E-state index contributed by atoms with van der Waals surface area (Å²) in [7, 11) is -3.82. The number of carbonyl (C=O) groups is 6. The van der Waals surface area contributed by atoms with Crippen molar-refractivity contribution in [3.8, 4) is 16.2 Å². The monoisotopic (exact) mass is 1010 g/mol. The second-order valence-electron chi connectivity index (χ2n) is 18.7. The van der Waals surface area contributed by atoms with Gasteiger partial charge in [0, 0.05) is 60.0 Å². The number of anilines is 3. The Bertz CT molecular complexity index is 3090. The van der Waals surface area contributed by atoms with Crippen LogP contribution in [0.2, 0.25) is 5.02 Å². The molecule has 1 unspecified atom stereocenters. The number of hydrogen-bond acceptors (Lipinski definition) is 11. The van der Waals surface area contributed by atoms with Crippen LogP contribution in [0.25, 0.3) is 21.2 Å². The molecule has 9 rings (SSSR count). The number of amides is 5. The summed E-state index contributed by atoms with van der Waals surface area (Å²) in [5.41, 5.74) is 3.80. The van der Waals surface area contributed by atoms with Gasteiger partial charge >= 0.3 is 18.0 Å². The number of halogens is 1. The first-order valence-corrected chi connectivity index (χ1v) is 25.8. The predicted molar refractivity (Wildman–Crippen MR) is 265 cm³/mol. The summed E-state index contributed by atoms with van der Waals surface area (Å²) in [4.78, 5) is 78.7. The smallest absolute Gasteiger partial charge is 0.349 e. The number of nitrogens with zero attached hydrogens (tertiary/aromatic N) is 3. The van der Waals surface area contributed by atoms with E-state index in [0.29, 0.717) is 71.0 Å². The fourth-order valence-electron chi connectivity index (χ4n) is 10.5. The van der Waals surface area contributed by atoms with Gasteiger partial charge in [0.1, 0.15) is 11.1 Å². The molecule has 17 nitrogen and oxygen atoms in total. The molecule has 366 valence electrons. The standard InChI is InChI=1S/C50H51ClN6O11S2/c1-50(2)25-33(52-32-11-4-8-30(24-32)44-42(51)43(68-26-40(59)60)45(69-44)48(63)64)19-22-56(50)70(66,67)27-28-7-3-10-31(23-28)53-49(65)55-20-6-9-29(18-21-55)34-14-15-36-41-35(34)12-5-13-37(41)57(47(36)62)38-16-17-39(58)54-46(38)61/h3-5,7-8,10-15,23-24,29,33,38,52H,6,9,16-22,25-27H2,1-2H3,(H,53,65)(H,59,60)(H,63,64)(H,54,58,61)/t29-,33-,38?/m0/s1. The number of imide groups is 1. The number of urea groups is 1. The van der Waals surface area contributed by atoms with Crippen LogP contribution in [-0.2, 0) is 30.2 Å². The molecule has 4 aliphatic heterocycles. The summed E-state index contributed by atoms with van der Waals surface area (Å²) >= 11 is 7.41. The van der Waals surface area contributed by atoms with Crippen LogP contribution in [0.5, 0.6) is 5.75 Å². The van der Waals surface area contributed by atoms with Gasteiger partial charge in [0.2, 0.25) is 21.8 Å². The molecule has 4 aromatic carbocycles. The van der Waals surface area contributed by atoms with Crippen molar-refractivity contribution in [3.05, 3.63) is 105 Å². The number of rotatable bonds is 13. The van der Waals surface area contributed by atoms with E-state index in [4.69, 9.17) is 21.4 Å². The molecule has 0 spiro atoms. The van der Waals surface area contributed by atoms with Crippen LogP contribution in [0.15, 0.2) is 78.9 Å². The van der Waals surface area contributed by atoms with Gasteiger partial charge in [0.15, 0.2) is 17.2 Å². The van der Waals surface area contributed by atoms with Crippen molar-refractivity contribution in [2.75, 3.05) is 41.8 Å². The summed E-state index contributed by atoms with van der Waals surface area (Å²) in [6.07, 6.45) is 3.62. The zero-order chi connectivity index (χ0) is 49.6. The zero-order valence-corrected chi connectivity index (χ0v) is 40.7. The zero-order valence-electron chi connectivity index (χ0n) is 38.3. The number of benzene rings is 4. The molecule has 0 saturated carbocycles. The lowest BCUT2D eigenvalue weighted by Crippen LogP contribution is -2.55. The highest BCUT2D eigenvalue weighted by Crippen LogP contribution is 2.47. The molecule has 5 aromatic rings. The molecule has 20 heteroatoms. The number of likely N-dealkylation sites (tertiary alicyclic amines) is 1. The van der Waals surface area contributed by atoms with Crippen molar-refractivity contribution in [1.29, 1.82) is 0 Å². The Morgan fingerprint density at radius 3 is 2.44 bits per heavy atom. The fourth-order valence-corrected chi connectivity index (χ4v) is 13.8. The van der Waals surface area contributed by atoms with E-state index in [0.717, 1.165) is 40.5 Å². The quantitative estimate of drug-likeness (QED) is 0.0704. The third-order valence-corrected chi connectivity index (χ3v) is 17.3. The first kappa shape index (κ1) is 48.5. The number of aliphatic carboxylic acids is 1. The van der Waals surface area contributed by atoms with E-state index in [-0.39, 0.29) is 70.6 Å². The lowest BCUT2D eigenvalue weighted by atomic mass is 9.87. The SMILES string of the molecule is CC1(C)C[C@@H](Nc2cccc(-c3sc(C(=O)O)c(OCC(=O)O)c3Cl)c2)CCN1S(=O)(=O)Cc1cccc(NC(=O)N2CCC[C@H](c3ccc4c5c(cccc35)N(C3CCC(=O)NC3=O)C4=O)CC2)c1. The minimum Gasteiger partial charge on any atom is -0.479 e. The molecular weight excluding hydrogens is 960 g/mol. The van der Waals surface area contributed by atoms with Crippen molar-refractivity contribution in [2.45, 2.75) is 88.1 Å². The van der Waals surface area contributed by atoms with Gasteiger partial charge in [-0.25, -0.2) is 22.8 Å². The second kappa shape index (κ2) is 19.3. The number of piperidine rings is 2. The van der Waals surface area contributed by atoms with Crippen LogP contribution in [-0.4, -0.2) is 107 Å². The van der Waals surface area contributed by atoms with E-state index in [1.165, 1.54) is 4.90 Å². The van der Waals surface area contributed by atoms with E-state index >= 15 is 0 Å². The van der Waals surface area contributed by atoms with Gasteiger partial charge in [-0.3, -0.25) is 24.6 Å². The number of hydrogen-bond donors (Lipinski definition) is 5. The summed E-state index contributed by atoms with van der Waals surface area (Å²) in [6, 6.07) is 22.4. The third-order valence-electron chi connectivity index (χ3n) is 13.5. The Kier molecular flexibility index (Phi) is 13.4. The van der Waals surface area contributed by atoms with Crippen LogP contribution in [0.1, 0.15) is 95.9 Å². The highest BCUT2D eigenvalue weighted by Gasteiger charge is 2.43. The molecule has 0 bridgehead atoms. The number of thiophene rings is 1. The largest absolute Gasteiger partial charge is 0.479 e. The fraction of sp³-hybridized carbons (Fsp3) is 0.360. The number of carboxylic acids is 2. The third kappa shape index (κ3) is 9.67. The first-order valence-electron chi connectivity index (χ1n) is 23.0. The van der Waals surface area contributed by atoms with Crippen LogP contribution < -0.4 is 25.6 Å². The second-order valence-corrected chi connectivity index (χ2v) is 22.0. The number of ether oxygens (including phenoxy) is 1. The van der Waals surface area contributed by atoms with Gasteiger partial charge in [-0.1, -0.05) is 54.1 Å². The summed E-state index contributed by atoms with van der Waals surface area (Å²) < 4.78 is 35.0. The number of nitrogens with one attached hydrogen (secondary N) is 3. The van der Waals surface area contributed by atoms with Crippen LogP contribution in [0, 0.1) is 0 Å². The molecule has 0 aliphatic carbocycles. The Labute approximate surface area is 412 Å². The first-order chi connectivity index (χ1) is 33.4. The molecule has 3 fully saturated rings. The van der Waals surface area contributed by atoms with Crippen molar-refractivity contribution < 1.29 is 52.1 Å². The molecule has 5 N–H and O–H groups in total. The van der Waals surface area contributed by atoms with Crippen LogP contribution in [0.4, 0.5) is 21.9 Å². The average Bonchev–Trinajstić information content (AvgIpc) is 3.65. The number of sulfonamides is 1. The number of aromatic carboxylic acids is 1. The molecule has 0 radical (unpaired) electrons. The maximum absolute atomic E-state index is 14.1. The topological polar surface area (TPSA) is 232 Å². The Morgan fingerprint density at radius 1 is 0.914 bits per heavy atom. The minimum absolute atomic E-state index is 0.00302. The minimum atomic E-state index is -3.82. The van der Waals surface area contributed by atoms with Crippen LogP contribution in [0.3, 0.4) is 0 Å². The molecule has 3 atom stereocenters. The van der Waals surface area contributed by atoms with Gasteiger partial charge < -0.3 is 30.5 Å². The van der Waals surface area contributed by atoms with Crippen LogP contribution >= 0.6 is 22.9 Å². The normalized spacial score (nSPS) is 20.5. The Balaban J connectivity index is 0.813. The van der Waals surface area contributed by atoms with Crippen molar-refractivity contribution in [3.63, 3.8) is 0 Å². The van der Waals surface area contributed by atoms with Gasteiger partial charge in [-0.05, 0) is 117 Å². The lowest BCUT2D eigenvalue weighted by molar-refractivity contribution is -0.139. The lowest BCUT2D eigenvalue weighted by Gasteiger charge is -2.45. The molecule has 5 amide bonds. The highest BCUT2D eigenvalue weighted by molar-refractivity contribution is 7.88. The van der Waals surface area contributed by atoms with E-state index in [9.17, 15) is 42.3 Å². The molecule has 4 aliphatic rings. The maximum atomic E-state index is 14.1. The number of carbonyl (C=O) groups excluding carboxylic acids is 4. The summed E-state index contributed by atoms with van der Waals surface area (Å²) in [5, 5.41) is 29.4. The van der Waals surface area contributed by atoms with Crippen molar-refractivity contribution in [1.82, 2.24) is 14.5 Å². The summed E-state index contributed by atoms with van der Waals surface area (Å²) in [5.74, 6) is -4.03. The molecule has 3 saturated heterocycles.